The number of phenols is 2. The Hall–Kier alpha value is -2.10. The fraction of sp³-hybridized carbons (Fsp3) is 0. The Bertz CT molecular complexity index is 503. The predicted molar refractivity (Wildman–Crippen MR) is 48.0 cm³/mol. The normalized spacial score (nSPS) is 14.3. The largest absolute Gasteiger partial charge is 0.504 e. The molecule has 0 heterocycles. The Balaban J connectivity index is 2.87. The summed E-state index contributed by atoms with van der Waals surface area (Å²) in [6.45, 7) is 0. The predicted octanol–water partition coefficient (Wildman–Crippen LogP) is -1.19. The van der Waals surface area contributed by atoms with Crippen molar-refractivity contribution in [2.45, 2.75) is 0 Å². The molecule has 0 saturated carbocycles. The summed E-state index contributed by atoms with van der Waals surface area (Å²) in [7, 11) is 0. The minimum absolute atomic E-state index is 0.310. The van der Waals surface area contributed by atoms with E-state index < -0.39 is 11.6 Å². The number of ketones is 2. The first-order valence-electron chi connectivity index (χ1n) is 3.91. The number of rotatable bonds is 0. The van der Waals surface area contributed by atoms with Gasteiger partial charge in [-0.3, -0.25) is 9.59 Å². The van der Waals surface area contributed by atoms with E-state index in [-0.39, 0.29) is 11.5 Å². The van der Waals surface area contributed by atoms with Gasteiger partial charge in [-0.1, -0.05) is 0 Å². The van der Waals surface area contributed by atoms with Crippen molar-refractivity contribution < 1.29 is 19.8 Å². The molecule has 2 rings (SSSR count). The number of hydrogen-bond acceptors (Lipinski definition) is 4. The van der Waals surface area contributed by atoms with Crippen molar-refractivity contribution in [3.63, 3.8) is 0 Å². The quantitative estimate of drug-likeness (QED) is 0.398. The van der Waals surface area contributed by atoms with Crippen LogP contribution in [0.3, 0.4) is 0 Å². The minimum atomic E-state index is -0.623. The van der Waals surface area contributed by atoms with Gasteiger partial charge in [-0.2, -0.15) is 0 Å². The number of benzene rings is 1. The maximum absolute atomic E-state index is 11.0. The van der Waals surface area contributed by atoms with Crippen molar-refractivity contribution in [2.75, 3.05) is 0 Å². The molecule has 0 unspecified atom stereocenters. The Labute approximate surface area is 78.4 Å². The molecule has 1 aromatic rings. The number of carbonyl (C=O) groups excluding carboxylic acids is 2. The fourth-order valence-electron chi connectivity index (χ4n) is 1.28. The van der Waals surface area contributed by atoms with Crippen LogP contribution >= 0.6 is 0 Å². The first-order chi connectivity index (χ1) is 6.58. The number of phenolic OH excluding ortho intramolecular Hbond substituents is 2. The van der Waals surface area contributed by atoms with Gasteiger partial charge in [0.15, 0.2) is 11.5 Å². The summed E-state index contributed by atoms with van der Waals surface area (Å²) in [5.74, 6) is -1.86. The third-order valence-corrected chi connectivity index (χ3v) is 2.00. The summed E-state index contributed by atoms with van der Waals surface area (Å²) in [5, 5.41) is 19.2. The molecule has 0 bridgehead atoms. The zero-order valence-corrected chi connectivity index (χ0v) is 7.02. The minimum Gasteiger partial charge on any atom is -0.504 e. The second kappa shape index (κ2) is 2.70. The van der Waals surface area contributed by atoms with Gasteiger partial charge in [0.25, 0.3) is 0 Å². The lowest BCUT2D eigenvalue weighted by Crippen LogP contribution is -2.32. The van der Waals surface area contributed by atoms with Crippen molar-refractivity contribution >= 4 is 23.7 Å². The van der Waals surface area contributed by atoms with Gasteiger partial charge in [-0.15, -0.1) is 0 Å². The van der Waals surface area contributed by atoms with E-state index in [1.807, 2.05) is 0 Å². The van der Waals surface area contributed by atoms with E-state index in [9.17, 15) is 9.59 Å². The summed E-state index contributed by atoms with van der Waals surface area (Å²) in [4.78, 5) is 21.9. The molecule has 1 aliphatic carbocycles. The van der Waals surface area contributed by atoms with Gasteiger partial charge >= 0.3 is 0 Å². The summed E-state index contributed by atoms with van der Waals surface area (Å²) < 4.78 is 0. The van der Waals surface area contributed by atoms with E-state index in [4.69, 9.17) is 10.2 Å². The molecule has 0 spiro atoms. The Morgan fingerprint density at radius 2 is 1.14 bits per heavy atom. The second-order valence-electron chi connectivity index (χ2n) is 2.99. The summed E-state index contributed by atoms with van der Waals surface area (Å²) in [6, 6.07) is 2.48. The highest BCUT2D eigenvalue weighted by Crippen LogP contribution is 2.18. The maximum atomic E-state index is 11.0. The Kier molecular flexibility index (Phi) is 1.64. The first-order valence-corrected chi connectivity index (χ1v) is 3.91. The van der Waals surface area contributed by atoms with Crippen molar-refractivity contribution in [1.82, 2.24) is 0 Å². The molecule has 4 nitrogen and oxygen atoms in total. The van der Waals surface area contributed by atoms with Crippen LogP contribution in [0, 0.1) is 0 Å². The fourth-order valence-corrected chi connectivity index (χ4v) is 1.28. The zero-order valence-electron chi connectivity index (χ0n) is 7.02. The zero-order chi connectivity index (χ0) is 10.3. The highest BCUT2D eigenvalue weighted by atomic mass is 16.3. The van der Waals surface area contributed by atoms with Gasteiger partial charge in [0, 0.05) is 0 Å². The molecule has 0 aromatic heterocycles. The molecule has 2 N–H and O–H groups in total. The van der Waals surface area contributed by atoms with E-state index >= 15 is 0 Å². The summed E-state index contributed by atoms with van der Waals surface area (Å²) in [6.07, 6.45) is 2.27. The molecule has 14 heavy (non-hydrogen) atoms. The van der Waals surface area contributed by atoms with Crippen LogP contribution in [0.2, 0.25) is 0 Å². The average Bonchev–Trinajstić information content (AvgIpc) is 2.11. The third-order valence-electron chi connectivity index (χ3n) is 2.00. The van der Waals surface area contributed by atoms with E-state index in [2.05, 4.69) is 0 Å². The Morgan fingerprint density at radius 3 is 1.50 bits per heavy atom. The topological polar surface area (TPSA) is 74.6 Å². The van der Waals surface area contributed by atoms with E-state index in [1.54, 1.807) is 0 Å². The number of carbonyl (C=O) groups is 2. The summed E-state index contributed by atoms with van der Waals surface area (Å²) >= 11 is 0. The monoisotopic (exact) mass is 190 g/mol. The molecule has 70 valence electrons. The van der Waals surface area contributed by atoms with Crippen molar-refractivity contribution in [3.05, 3.63) is 22.6 Å². The average molecular weight is 190 g/mol. The molecule has 0 saturated heterocycles. The molecule has 0 atom stereocenters. The van der Waals surface area contributed by atoms with Crippen molar-refractivity contribution in [3.8, 4) is 11.5 Å². The van der Waals surface area contributed by atoms with Gasteiger partial charge in [-0.05, 0) is 34.7 Å². The standard InChI is InChI=1S/C10H6O4/c11-7-1-5-2-9(13)10(14)4-6(5)3-8(7)12/h1-4,11-12H. The smallest absolute Gasteiger partial charge is 0.226 e. The van der Waals surface area contributed by atoms with Gasteiger partial charge < -0.3 is 10.2 Å². The van der Waals surface area contributed by atoms with Gasteiger partial charge in [-0.25, -0.2) is 0 Å². The van der Waals surface area contributed by atoms with Crippen LogP contribution in [-0.4, -0.2) is 21.8 Å². The lowest BCUT2D eigenvalue weighted by molar-refractivity contribution is -0.129. The van der Waals surface area contributed by atoms with E-state index in [1.165, 1.54) is 12.1 Å². The van der Waals surface area contributed by atoms with Crippen LogP contribution in [0.5, 0.6) is 11.5 Å². The number of fused-ring (bicyclic) bond motifs is 1. The molecular weight excluding hydrogens is 184 g/mol. The van der Waals surface area contributed by atoms with Crippen molar-refractivity contribution in [2.24, 2.45) is 0 Å². The van der Waals surface area contributed by atoms with E-state index in [0.29, 0.717) is 10.4 Å². The highest BCUT2D eigenvalue weighted by molar-refractivity contribution is 6.57. The van der Waals surface area contributed by atoms with Crippen LogP contribution in [0.25, 0.3) is 12.2 Å². The van der Waals surface area contributed by atoms with Crippen LogP contribution in [0.1, 0.15) is 0 Å². The Morgan fingerprint density at radius 1 is 0.786 bits per heavy atom. The lowest BCUT2D eigenvalue weighted by atomic mass is 10.1. The number of aromatic hydroxyl groups is 2. The second-order valence-corrected chi connectivity index (χ2v) is 2.99. The lowest BCUT2D eigenvalue weighted by Gasteiger charge is -2.01. The van der Waals surface area contributed by atoms with Crippen LogP contribution in [-0.2, 0) is 9.59 Å². The third kappa shape index (κ3) is 1.17. The highest BCUT2D eigenvalue weighted by Gasteiger charge is 2.12. The molecular formula is C10H6O4. The molecule has 0 radical (unpaired) electrons. The molecule has 4 heteroatoms. The molecule has 0 fully saturated rings. The van der Waals surface area contributed by atoms with Crippen LogP contribution in [0.4, 0.5) is 0 Å². The van der Waals surface area contributed by atoms with Crippen LogP contribution < -0.4 is 10.4 Å². The maximum Gasteiger partial charge on any atom is 0.226 e. The first kappa shape index (κ1) is 8.50. The number of hydrogen-bond donors (Lipinski definition) is 2. The van der Waals surface area contributed by atoms with Gasteiger partial charge in [0.2, 0.25) is 11.6 Å². The van der Waals surface area contributed by atoms with Crippen molar-refractivity contribution in [1.29, 1.82) is 0 Å². The van der Waals surface area contributed by atoms with Gasteiger partial charge in [0.05, 0.1) is 0 Å². The number of Topliss-reactive ketones (excluding diaryl/α,β-unsaturated/α-hetero) is 2. The van der Waals surface area contributed by atoms with Crippen LogP contribution in [0.15, 0.2) is 12.1 Å². The SMILES string of the molecule is O=C1C=c2cc(O)c(O)cc2=CC1=O. The molecule has 1 aromatic carbocycles. The molecule has 1 aliphatic rings. The molecule has 0 amide bonds. The molecule has 0 aliphatic heterocycles. The van der Waals surface area contributed by atoms with E-state index in [0.717, 1.165) is 12.2 Å². The summed E-state index contributed by atoms with van der Waals surface area (Å²) in [5.41, 5.74) is 0. The van der Waals surface area contributed by atoms with Gasteiger partial charge in [0.1, 0.15) is 0 Å².